The average Bonchev–Trinajstić information content (AvgIpc) is 3.09. The van der Waals surface area contributed by atoms with Crippen molar-refractivity contribution in [2.75, 3.05) is 31.1 Å². The first-order valence-corrected chi connectivity index (χ1v) is 9.87. The third-order valence-electron chi connectivity index (χ3n) is 4.61. The molecule has 26 heavy (non-hydrogen) atoms. The molecule has 7 heteroatoms. The number of piperazine rings is 1. The Morgan fingerprint density at radius 2 is 1.69 bits per heavy atom. The van der Waals surface area contributed by atoms with Gasteiger partial charge in [0.25, 0.3) is 10.0 Å². The van der Waals surface area contributed by atoms with E-state index in [0.29, 0.717) is 16.9 Å². The van der Waals surface area contributed by atoms with E-state index in [0.717, 1.165) is 31.6 Å². The van der Waals surface area contributed by atoms with Gasteiger partial charge in [0.05, 0.1) is 22.0 Å². The van der Waals surface area contributed by atoms with Crippen molar-refractivity contribution in [1.82, 2.24) is 9.29 Å². The lowest BCUT2D eigenvalue weighted by Gasteiger charge is -2.30. The molecular weight excluding hydrogens is 348 g/mol. The minimum absolute atomic E-state index is 0.175. The van der Waals surface area contributed by atoms with Crippen LogP contribution < -0.4 is 10.2 Å². The van der Waals surface area contributed by atoms with Gasteiger partial charge in [0.2, 0.25) is 0 Å². The fraction of sp³-hybridized carbons (Fsp3) is 0.211. The molecule has 1 aromatic heterocycles. The molecule has 4 rings (SSSR count). The van der Waals surface area contributed by atoms with Crippen LogP contribution in [0.1, 0.15) is 5.56 Å². The lowest BCUT2D eigenvalue weighted by molar-refractivity contribution is 0.573. The first kappa shape index (κ1) is 16.6. The summed E-state index contributed by atoms with van der Waals surface area (Å²) in [5.41, 5.74) is 1.09. The van der Waals surface area contributed by atoms with Crippen LogP contribution in [0.3, 0.4) is 0 Å². The van der Waals surface area contributed by atoms with Gasteiger partial charge in [0.1, 0.15) is 5.82 Å². The lowest BCUT2D eigenvalue weighted by Crippen LogP contribution is -2.44. The number of fused-ring (bicyclic) bond motifs is 1. The Labute approximate surface area is 152 Å². The van der Waals surface area contributed by atoms with Crippen LogP contribution in [0.25, 0.3) is 10.9 Å². The minimum atomic E-state index is -3.78. The number of benzene rings is 2. The van der Waals surface area contributed by atoms with E-state index >= 15 is 0 Å². The zero-order valence-corrected chi connectivity index (χ0v) is 14.9. The standard InChI is InChI=1S/C19H18N4O2S/c20-14-15-5-7-17(8-6-15)26(24,25)23-18-4-2-1-3-16(18)13-19(23)22-11-9-21-10-12-22/h1-8,13,21H,9-12H2. The zero-order chi connectivity index (χ0) is 18.1. The molecule has 0 atom stereocenters. The maximum Gasteiger partial charge on any atom is 0.269 e. The van der Waals surface area contributed by atoms with Gasteiger partial charge in [-0.2, -0.15) is 5.26 Å². The van der Waals surface area contributed by atoms with E-state index in [1.165, 1.54) is 28.2 Å². The molecule has 1 fully saturated rings. The van der Waals surface area contributed by atoms with Gasteiger partial charge in [-0.25, -0.2) is 12.4 Å². The van der Waals surface area contributed by atoms with Gasteiger partial charge in [-0.3, -0.25) is 0 Å². The van der Waals surface area contributed by atoms with Gasteiger partial charge in [-0.1, -0.05) is 18.2 Å². The Bertz CT molecular complexity index is 1090. The molecule has 1 N–H and O–H groups in total. The fourth-order valence-corrected chi connectivity index (χ4v) is 4.82. The molecule has 0 spiro atoms. The normalized spacial score (nSPS) is 15.1. The Balaban J connectivity index is 1.92. The Morgan fingerprint density at radius 1 is 1.00 bits per heavy atom. The highest BCUT2D eigenvalue weighted by molar-refractivity contribution is 7.90. The number of rotatable bonds is 3. The molecule has 0 aliphatic carbocycles. The van der Waals surface area contributed by atoms with E-state index in [9.17, 15) is 8.42 Å². The van der Waals surface area contributed by atoms with Gasteiger partial charge < -0.3 is 10.2 Å². The summed E-state index contributed by atoms with van der Waals surface area (Å²) in [4.78, 5) is 2.27. The smallest absolute Gasteiger partial charge is 0.269 e. The summed E-state index contributed by atoms with van der Waals surface area (Å²) in [5, 5.41) is 13.1. The maximum absolute atomic E-state index is 13.4. The second-order valence-electron chi connectivity index (χ2n) is 6.20. The number of anilines is 1. The summed E-state index contributed by atoms with van der Waals surface area (Å²) in [5.74, 6) is 0.678. The van der Waals surface area contributed by atoms with Crippen LogP contribution in [0.2, 0.25) is 0 Å². The van der Waals surface area contributed by atoms with Crippen LogP contribution in [-0.2, 0) is 10.0 Å². The summed E-state index contributed by atoms with van der Waals surface area (Å²) in [6, 6.07) is 17.5. The number of hydrogen-bond acceptors (Lipinski definition) is 5. The van der Waals surface area contributed by atoms with Crippen molar-refractivity contribution in [3.63, 3.8) is 0 Å². The van der Waals surface area contributed by atoms with Crippen molar-refractivity contribution in [3.8, 4) is 6.07 Å². The van der Waals surface area contributed by atoms with Crippen molar-refractivity contribution in [2.24, 2.45) is 0 Å². The van der Waals surface area contributed by atoms with Crippen molar-refractivity contribution in [1.29, 1.82) is 5.26 Å². The number of nitrogens with one attached hydrogen (secondary N) is 1. The predicted molar refractivity (Wildman–Crippen MR) is 101 cm³/mol. The van der Waals surface area contributed by atoms with Crippen molar-refractivity contribution < 1.29 is 8.42 Å². The molecule has 0 bridgehead atoms. The van der Waals surface area contributed by atoms with Gasteiger partial charge in [-0.15, -0.1) is 0 Å². The fourth-order valence-electron chi connectivity index (χ4n) is 3.29. The van der Waals surface area contributed by atoms with E-state index in [-0.39, 0.29) is 4.90 Å². The molecule has 3 aromatic rings. The minimum Gasteiger partial charge on any atom is -0.355 e. The van der Waals surface area contributed by atoms with Gasteiger partial charge in [0.15, 0.2) is 0 Å². The highest BCUT2D eigenvalue weighted by Crippen LogP contribution is 2.31. The number of hydrogen-bond donors (Lipinski definition) is 1. The maximum atomic E-state index is 13.4. The van der Waals surface area contributed by atoms with Crippen LogP contribution in [-0.4, -0.2) is 38.6 Å². The number of para-hydroxylation sites is 1. The van der Waals surface area contributed by atoms with E-state index in [4.69, 9.17) is 5.26 Å². The van der Waals surface area contributed by atoms with Crippen molar-refractivity contribution in [3.05, 3.63) is 60.2 Å². The van der Waals surface area contributed by atoms with E-state index in [2.05, 4.69) is 10.2 Å². The third-order valence-corrected chi connectivity index (χ3v) is 6.34. The highest BCUT2D eigenvalue weighted by Gasteiger charge is 2.26. The summed E-state index contributed by atoms with van der Waals surface area (Å²) < 4.78 is 28.2. The zero-order valence-electron chi connectivity index (χ0n) is 14.1. The molecule has 1 saturated heterocycles. The molecular formula is C19H18N4O2S. The Morgan fingerprint density at radius 3 is 2.38 bits per heavy atom. The van der Waals surface area contributed by atoms with Crippen LogP contribution >= 0.6 is 0 Å². The van der Waals surface area contributed by atoms with Crippen LogP contribution in [0.5, 0.6) is 0 Å². The summed E-state index contributed by atoms with van der Waals surface area (Å²) in [7, 11) is -3.78. The van der Waals surface area contributed by atoms with Crippen LogP contribution in [0, 0.1) is 11.3 Å². The van der Waals surface area contributed by atoms with E-state index in [1.54, 1.807) is 0 Å². The van der Waals surface area contributed by atoms with E-state index in [1.807, 2.05) is 36.4 Å². The second kappa shape index (κ2) is 6.48. The third kappa shape index (κ3) is 2.73. The molecule has 0 radical (unpaired) electrons. The van der Waals surface area contributed by atoms with E-state index < -0.39 is 10.0 Å². The quantitative estimate of drug-likeness (QED) is 0.769. The summed E-state index contributed by atoms with van der Waals surface area (Å²) in [6.45, 7) is 3.13. The molecule has 6 nitrogen and oxygen atoms in total. The summed E-state index contributed by atoms with van der Waals surface area (Å²) >= 11 is 0. The number of nitriles is 1. The van der Waals surface area contributed by atoms with Gasteiger partial charge in [0, 0.05) is 31.6 Å². The highest BCUT2D eigenvalue weighted by atomic mass is 32.2. The second-order valence-corrected chi connectivity index (χ2v) is 7.99. The molecule has 0 amide bonds. The number of nitrogens with zero attached hydrogens (tertiary/aromatic N) is 3. The Hall–Kier alpha value is -2.82. The average molecular weight is 366 g/mol. The van der Waals surface area contributed by atoms with Crippen molar-refractivity contribution >= 4 is 26.7 Å². The number of aromatic nitrogens is 1. The Kier molecular flexibility index (Phi) is 4.15. The van der Waals surface area contributed by atoms with Gasteiger partial charge >= 0.3 is 0 Å². The van der Waals surface area contributed by atoms with Crippen LogP contribution in [0.4, 0.5) is 5.82 Å². The molecule has 2 heterocycles. The summed E-state index contributed by atoms with van der Waals surface area (Å²) in [6.07, 6.45) is 0. The topological polar surface area (TPSA) is 78.1 Å². The molecule has 1 aliphatic heterocycles. The first-order valence-electron chi connectivity index (χ1n) is 8.43. The molecule has 1 aliphatic rings. The lowest BCUT2D eigenvalue weighted by atomic mass is 10.2. The SMILES string of the molecule is N#Cc1ccc(S(=O)(=O)n2c(N3CCNCC3)cc3ccccc32)cc1. The largest absolute Gasteiger partial charge is 0.355 e. The monoisotopic (exact) mass is 366 g/mol. The van der Waals surface area contributed by atoms with Crippen molar-refractivity contribution in [2.45, 2.75) is 4.90 Å². The first-order chi connectivity index (χ1) is 12.6. The van der Waals surface area contributed by atoms with Gasteiger partial charge in [-0.05, 0) is 36.4 Å². The molecule has 0 saturated carbocycles. The molecule has 2 aromatic carbocycles. The molecule has 132 valence electrons. The molecule has 0 unspecified atom stereocenters. The predicted octanol–water partition coefficient (Wildman–Crippen LogP) is 2.16. The van der Waals surface area contributed by atoms with Crippen LogP contribution in [0.15, 0.2) is 59.5 Å².